The zero-order valence-corrected chi connectivity index (χ0v) is 8.75. The van der Waals surface area contributed by atoms with Gasteiger partial charge >= 0.3 is 0 Å². The fourth-order valence-corrected chi connectivity index (χ4v) is 0.800. The van der Waals surface area contributed by atoms with Crippen molar-refractivity contribution in [3.8, 4) is 0 Å². The van der Waals surface area contributed by atoms with Crippen LogP contribution in [0.25, 0.3) is 0 Å². The van der Waals surface area contributed by atoms with Crippen molar-refractivity contribution < 1.29 is 0 Å². The highest BCUT2D eigenvalue weighted by atomic mass is 15.3. The second-order valence-corrected chi connectivity index (χ2v) is 3.09. The molecule has 0 aliphatic rings. The van der Waals surface area contributed by atoms with E-state index in [9.17, 15) is 0 Å². The third kappa shape index (κ3) is 5.16. The smallest absolute Gasteiger partial charge is 0.140 e. The number of hydrogen-bond acceptors (Lipinski definition) is 3. The molecule has 0 radical (unpaired) electrons. The van der Waals surface area contributed by atoms with E-state index in [1.165, 1.54) is 5.57 Å². The number of amidine groups is 1. The molecule has 4 heteroatoms. The standard InChI is InChI=1S/C10H18N4/c1-4-9(6-5-8(2)3)7-10(13-11)14-12/h4-6H,1,7,11-12H2,2-3H3,(H,13,14)/b9-6+. The predicted octanol–water partition coefficient (Wildman–Crippen LogP) is 1.19. The van der Waals surface area contributed by atoms with E-state index in [1.807, 2.05) is 26.0 Å². The van der Waals surface area contributed by atoms with Crippen LogP contribution in [0.4, 0.5) is 0 Å². The quantitative estimate of drug-likeness (QED) is 0.207. The Hall–Kier alpha value is -1.55. The maximum absolute atomic E-state index is 5.20. The van der Waals surface area contributed by atoms with Gasteiger partial charge in [0.2, 0.25) is 0 Å². The molecule has 0 saturated carbocycles. The summed E-state index contributed by atoms with van der Waals surface area (Å²) < 4.78 is 0. The second-order valence-electron chi connectivity index (χ2n) is 3.09. The van der Waals surface area contributed by atoms with Crippen molar-refractivity contribution in [1.29, 1.82) is 0 Å². The van der Waals surface area contributed by atoms with Crippen LogP contribution in [0.5, 0.6) is 0 Å². The lowest BCUT2D eigenvalue weighted by Crippen LogP contribution is -2.31. The van der Waals surface area contributed by atoms with Crippen LogP contribution >= 0.6 is 0 Å². The SMILES string of the molecule is C=C/C(=C\C=C(C)C)C/C(=N/N)NN. The first kappa shape index (κ1) is 12.4. The topological polar surface area (TPSA) is 76.4 Å². The predicted molar refractivity (Wildman–Crippen MR) is 61.3 cm³/mol. The van der Waals surface area contributed by atoms with Crippen LogP contribution in [-0.2, 0) is 0 Å². The van der Waals surface area contributed by atoms with Gasteiger partial charge in [-0.15, -0.1) is 0 Å². The highest BCUT2D eigenvalue weighted by molar-refractivity contribution is 5.84. The molecule has 0 fully saturated rings. The molecule has 14 heavy (non-hydrogen) atoms. The largest absolute Gasteiger partial charge is 0.322 e. The van der Waals surface area contributed by atoms with Crippen LogP contribution in [0.3, 0.4) is 0 Å². The Balaban J connectivity index is 4.51. The molecule has 0 aliphatic carbocycles. The van der Waals surface area contributed by atoms with Crippen molar-refractivity contribution in [1.82, 2.24) is 5.43 Å². The molecule has 0 aromatic rings. The normalized spacial score (nSPS) is 12.2. The van der Waals surface area contributed by atoms with E-state index in [0.29, 0.717) is 12.3 Å². The summed E-state index contributed by atoms with van der Waals surface area (Å²) in [5, 5.41) is 3.49. The third-order valence-corrected chi connectivity index (χ3v) is 1.59. The first-order valence-corrected chi connectivity index (χ1v) is 4.34. The monoisotopic (exact) mass is 194 g/mol. The fourth-order valence-electron chi connectivity index (χ4n) is 0.800. The summed E-state index contributed by atoms with van der Waals surface area (Å²) in [4.78, 5) is 0. The minimum absolute atomic E-state index is 0.526. The van der Waals surface area contributed by atoms with Gasteiger partial charge in [0.05, 0.1) is 0 Å². The van der Waals surface area contributed by atoms with Gasteiger partial charge in [-0.1, -0.05) is 30.4 Å². The zero-order valence-electron chi connectivity index (χ0n) is 8.75. The van der Waals surface area contributed by atoms with Gasteiger partial charge in [0.15, 0.2) is 0 Å². The first-order valence-electron chi connectivity index (χ1n) is 4.34. The van der Waals surface area contributed by atoms with Gasteiger partial charge < -0.3 is 11.3 Å². The van der Waals surface area contributed by atoms with Gasteiger partial charge in [0.1, 0.15) is 5.84 Å². The number of hydrazine groups is 1. The van der Waals surface area contributed by atoms with Crippen LogP contribution in [0.15, 0.2) is 41.1 Å². The Morgan fingerprint density at radius 3 is 2.43 bits per heavy atom. The Morgan fingerprint density at radius 2 is 2.07 bits per heavy atom. The minimum Gasteiger partial charge on any atom is -0.322 e. The lowest BCUT2D eigenvalue weighted by Gasteiger charge is -2.03. The van der Waals surface area contributed by atoms with Crippen LogP contribution < -0.4 is 17.1 Å². The summed E-state index contributed by atoms with van der Waals surface area (Å²) in [6, 6.07) is 0. The number of hydrazone groups is 1. The first-order chi connectivity index (χ1) is 6.63. The van der Waals surface area contributed by atoms with Crippen LogP contribution in [-0.4, -0.2) is 5.84 Å². The van der Waals surface area contributed by atoms with Crippen molar-refractivity contribution in [2.75, 3.05) is 0 Å². The molecule has 0 rings (SSSR count). The van der Waals surface area contributed by atoms with E-state index in [4.69, 9.17) is 11.7 Å². The molecule has 0 aromatic heterocycles. The Bertz CT molecular complexity index is 270. The highest BCUT2D eigenvalue weighted by Crippen LogP contribution is 2.04. The highest BCUT2D eigenvalue weighted by Gasteiger charge is 1.97. The summed E-state index contributed by atoms with van der Waals surface area (Å²) in [6.07, 6.45) is 6.27. The van der Waals surface area contributed by atoms with Crippen molar-refractivity contribution in [3.05, 3.63) is 36.0 Å². The van der Waals surface area contributed by atoms with E-state index in [0.717, 1.165) is 5.57 Å². The summed E-state index contributed by atoms with van der Waals surface area (Å²) in [6.45, 7) is 7.75. The molecule has 0 bridgehead atoms. The Kier molecular flexibility index (Phi) is 6.15. The van der Waals surface area contributed by atoms with Crippen molar-refractivity contribution in [2.24, 2.45) is 16.8 Å². The number of nitrogens with one attached hydrogen (secondary N) is 1. The summed E-state index contributed by atoms with van der Waals surface area (Å²) in [5.74, 6) is 10.8. The molecule has 0 atom stereocenters. The summed E-state index contributed by atoms with van der Waals surface area (Å²) in [5.41, 5.74) is 4.65. The average Bonchev–Trinajstić information content (AvgIpc) is 2.18. The molecule has 0 aliphatic heterocycles. The van der Waals surface area contributed by atoms with Crippen molar-refractivity contribution in [3.63, 3.8) is 0 Å². The number of rotatable bonds is 4. The van der Waals surface area contributed by atoms with E-state index in [1.54, 1.807) is 6.08 Å². The third-order valence-electron chi connectivity index (χ3n) is 1.59. The van der Waals surface area contributed by atoms with E-state index in [2.05, 4.69) is 17.1 Å². The number of nitrogens with zero attached hydrogens (tertiary/aromatic N) is 1. The second kappa shape index (κ2) is 6.91. The molecule has 0 heterocycles. The molecular weight excluding hydrogens is 176 g/mol. The summed E-state index contributed by atoms with van der Waals surface area (Å²) in [7, 11) is 0. The van der Waals surface area contributed by atoms with Gasteiger partial charge in [-0.2, -0.15) is 5.10 Å². The van der Waals surface area contributed by atoms with E-state index in [-0.39, 0.29) is 0 Å². The molecule has 0 spiro atoms. The van der Waals surface area contributed by atoms with Gasteiger partial charge in [-0.05, 0) is 19.4 Å². The molecule has 5 N–H and O–H groups in total. The fraction of sp³-hybridized carbons (Fsp3) is 0.300. The lowest BCUT2D eigenvalue weighted by atomic mass is 10.1. The van der Waals surface area contributed by atoms with Gasteiger partial charge in [-0.3, -0.25) is 0 Å². The van der Waals surface area contributed by atoms with Crippen LogP contribution in [0, 0.1) is 0 Å². The van der Waals surface area contributed by atoms with Crippen molar-refractivity contribution in [2.45, 2.75) is 20.3 Å². The Labute approximate surface area is 85.0 Å². The van der Waals surface area contributed by atoms with Gasteiger partial charge in [0.25, 0.3) is 0 Å². The molecular formula is C10H18N4. The van der Waals surface area contributed by atoms with E-state index >= 15 is 0 Å². The molecule has 0 unspecified atom stereocenters. The van der Waals surface area contributed by atoms with E-state index < -0.39 is 0 Å². The maximum Gasteiger partial charge on any atom is 0.140 e. The van der Waals surface area contributed by atoms with Crippen molar-refractivity contribution >= 4 is 5.84 Å². The van der Waals surface area contributed by atoms with Crippen LogP contribution in [0.1, 0.15) is 20.3 Å². The molecule has 4 nitrogen and oxygen atoms in total. The van der Waals surface area contributed by atoms with Gasteiger partial charge in [0, 0.05) is 6.42 Å². The molecule has 0 amide bonds. The zero-order chi connectivity index (χ0) is 11.0. The summed E-state index contributed by atoms with van der Waals surface area (Å²) >= 11 is 0. The Morgan fingerprint density at radius 1 is 1.43 bits per heavy atom. The number of allylic oxidation sites excluding steroid dienone is 4. The minimum atomic E-state index is 0.526. The molecule has 0 saturated heterocycles. The maximum atomic E-state index is 5.20. The number of nitrogens with two attached hydrogens (primary N) is 2. The number of hydrogen-bond donors (Lipinski definition) is 3. The lowest BCUT2D eigenvalue weighted by molar-refractivity contribution is 0.969. The molecule has 78 valence electrons. The van der Waals surface area contributed by atoms with Gasteiger partial charge in [-0.25, -0.2) is 5.84 Å². The van der Waals surface area contributed by atoms with Crippen LogP contribution in [0.2, 0.25) is 0 Å². The average molecular weight is 194 g/mol. The molecule has 0 aromatic carbocycles.